The molecule has 118 valence electrons. The van der Waals surface area contributed by atoms with Gasteiger partial charge in [0.15, 0.2) is 5.15 Å². The largest absolute Gasteiger partial charge is 0.374 e. The van der Waals surface area contributed by atoms with E-state index in [4.69, 9.17) is 22.8 Å². The Morgan fingerprint density at radius 1 is 1.30 bits per heavy atom. The Kier molecular flexibility index (Phi) is 4.80. The highest BCUT2D eigenvalue weighted by Crippen LogP contribution is 2.30. The minimum absolute atomic E-state index is 0.423. The molecule has 0 unspecified atom stereocenters. The molecule has 3 aromatic rings. The van der Waals surface area contributed by atoms with Gasteiger partial charge in [0, 0.05) is 25.0 Å². The molecule has 0 saturated heterocycles. The van der Waals surface area contributed by atoms with Crippen molar-refractivity contribution in [2.45, 2.75) is 32.9 Å². The second kappa shape index (κ2) is 6.99. The lowest BCUT2D eigenvalue weighted by Gasteiger charge is -2.10. The maximum Gasteiger partial charge on any atom is 0.157 e. The number of para-hydroxylation sites is 1. The predicted molar refractivity (Wildman–Crippen MR) is 93.4 cm³/mol. The highest BCUT2D eigenvalue weighted by Gasteiger charge is 2.17. The number of benzene rings is 1. The van der Waals surface area contributed by atoms with Crippen LogP contribution in [0, 0.1) is 12.3 Å². The third-order valence-electron chi connectivity index (χ3n) is 3.76. The lowest BCUT2D eigenvalue weighted by Crippen LogP contribution is -2.06. The second-order valence-electron chi connectivity index (χ2n) is 5.24. The van der Waals surface area contributed by atoms with Crippen LogP contribution in [0.15, 0.2) is 24.3 Å². The number of halogens is 1. The first-order chi connectivity index (χ1) is 11.3. The monoisotopic (exact) mass is 327 g/mol. The standard InChI is InChI=1S/C18H18ClN3O/c1-3-5-8-11-22-15(12-23-4-2)21-16-17(22)13-9-6-7-10-14(13)20-18(16)19/h1,6-7,9-10H,4-5,8,11-12H2,2H3. The van der Waals surface area contributed by atoms with Crippen LogP contribution in [-0.4, -0.2) is 21.1 Å². The van der Waals surface area contributed by atoms with Crippen molar-refractivity contribution in [1.82, 2.24) is 14.5 Å². The van der Waals surface area contributed by atoms with Gasteiger partial charge < -0.3 is 9.30 Å². The van der Waals surface area contributed by atoms with Crippen LogP contribution in [0.25, 0.3) is 21.9 Å². The average molecular weight is 328 g/mol. The van der Waals surface area contributed by atoms with Gasteiger partial charge in [-0.05, 0) is 19.4 Å². The molecule has 2 aromatic heterocycles. The van der Waals surface area contributed by atoms with E-state index in [1.165, 1.54) is 0 Å². The van der Waals surface area contributed by atoms with Crippen LogP contribution >= 0.6 is 11.6 Å². The fraction of sp³-hybridized carbons (Fsp3) is 0.333. The number of ether oxygens (including phenoxy) is 1. The Balaban J connectivity index is 2.22. The molecule has 0 aliphatic rings. The van der Waals surface area contributed by atoms with E-state index in [-0.39, 0.29) is 0 Å². The number of nitrogens with zero attached hydrogens (tertiary/aromatic N) is 3. The molecule has 0 fully saturated rings. The van der Waals surface area contributed by atoms with Crippen molar-refractivity contribution >= 4 is 33.5 Å². The average Bonchev–Trinajstić information content (AvgIpc) is 2.93. The number of rotatable bonds is 6. The van der Waals surface area contributed by atoms with Gasteiger partial charge in [0.1, 0.15) is 17.9 Å². The van der Waals surface area contributed by atoms with Gasteiger partial charge in [-0.2, -0.15) is 0 Å². The minimum atomic E-state index is 0.423. The van der Waals surface area contributed by atoms with Crippen LogP contribution in [0.3, 0.4) is 0 Å². The van der Waals surface area contributed by atoms with Gasteiger partial charge in [0.05, 0.1) is 11.0 Å². The Hall–Kier alpha value is -2.09. The molecule has 0 radical (unpaired) electrons. The zero-order valence-electron chi connectivity index (χ0n) is 13.1. The van der Waals surface area contributed by atoms with E-state index in [0.717, 1.165) is 47.1 Å². The molecule has 0 bridgehead atoms. The summed E-state index contributed by atoms with van der Waals surface area (Å²) in [5.41, 5.74) is 2.60. The normalized spacial score (nSPS) is 11.2. The van der Waals surface area contributed by atoms with Crippen molar-refractivity contribution in [3.05, 3.63) is 35.2 Å². The molecule has 0 atom stereocenters. The molecule has 23 heavy (non-hydrogen) atoms. The van der Waals surface area contributed by atoms with Crippen LogP contribution in [0.5, 0.6) is 0 Å². The van der Waals surface area contributed by atoms with Crippen molar-refractivity contribution in [2.75, 3.05) is 6.61 Å². The Bertz CT molecular complexity index is 879. The molecule has 0 saturated carbocycles. The highest BCUT2D eigenvalue weighted by atomic mass is 35.5. The van der Waals surface area contributed by atoms with Gasteiger partial charge in [0.2, 0.25) is 0 Å². The third kappa shape index (κ3) is 3.03. The Labute approximate surface area is 140 Å². The topological polar surface area (TPSA) is 39.9 Å². The third-order valence-corrected chi connectivity index (χ3v) is 4.02. The molecule has 4 nitrogen and oxygen atoms in total. The lowest BCUT2D eigenvalue weighted by atomic mass is 10.2. The molecular weight excluding hydrogens is 310 g/mol. The quantitative estimate of drug-likeness (QED) is 0.387. The van der Waals surface area contributed by atoms with Gasteiger partial charge in [-0.1, -0.05) is 29.8 Å². The van der Waals surface area contributed by atoms with E-state index in [9.17, 15) is 0 Å². The van der Waals surface area contributed by atoms with Gasteiger partial charge in [-0.25, -0.2) is 9.97 Å². The van der Waals surface area contributed by atoms with Gasteiger partial charge in [0.25, 0.3) is 0 Å². The molecular formula is C18H18ClN3O. The summed E-state index contributed by atoms with van der Waals surface area (Å²) in [5, 5.41) is 1.47. The molecule has 3 rings (SSSR count). The Morgan fingerprint density at radius 3 is 2.91 bits per heavy atom. The SMILES string of the molecule is C#CCCCn1c(COCC)nc2c(Cl)nc3ccccc3c21. The van der Waals surface area contributed by atoms with Gasteiger partial charge >= 0.3 is 0 Å². The maximum atomic E-state index is 6.36. The zero-order valence-corrected chi connectivity index (χ0v) is 13.8. The number of imidazole rings is 1. The zero-order chi connectivity index (χ0) is 16.2. The first-order valence-electron chi connectivity index (χ1n) is 7.70. The minimum Gasteiger partial charge on any atom is -0.374 e. The molecule has 0 aliphatic heterocycles. The van der Waals surface area contributed by atoms with E-state index in [1.807, 2.05) is 31.2 Å². The van der Waals surface area contributed by atoms with E-state index < -0.39 is 0 Å². The number of unbranched alkanes of at least 4 members (excludes halogenated alkanes) is 1. The fourth-order valence-electron chi connectivity index (χ4n) is 2.73. The Morgan fingerprint density at radius 2 is 2.13 bits per heavy atom. The number of aryl methyl sites for hydroxylation is 1. The first-order valence-corrected chi connectivity index (χ1v) is 8.08. The summed E-state index contributed by atoms with van der Waals surface area (Å²) in [6.07, 6.45) is 6.99. The van der Waals surface area contributed by atoms with Crippen molar-refractivity contribution in [3.8, 4) is 12.3 Å². The van der Waals surface area contributed by atoms with E-state index >= 15 is 0 Å². The smallest absolute Gasteiger partial charge is 0.157 e. The molecule has 0 spiro atoms. The number of aromatic nitrogens is 3. The molecule has 1 aromatic carbocycles. The molecule has 5 heteroatoms. The van der Waals surface area contributed by atoms with Crippen LogP contribution in [0.2, 0.25) is 5.15 Å². The van der Waals surface area contributed by atoms with Crippen LogP contribution in [-0.2, 0) is 17.9 Å². The van der Waals surface area contributed by atoms with Crippen molar-refractivity contribution in [3.63, 3.8) is 0 Å². The van der Waals surface area contributed by atoms with Gasteiger partial charge in [-0.15, -0.1) is 12.3 Å². The van der Waals surface area contributed by atoms with Crippen LogP contribution in [0.1, 0.15) is 25.6 Å². The van der Waals surface area contributed by atoms with Crippen molar-refractivity contribution in [2.24, 2.45) is 0 Å². The van der Waals surface area contributed by atoms with E-state index in [1.54, 1.807) is 0 Å². The summed E-state index contributed by atoms with van der Waals surface area (Å²) in [5.74, 6) is 3.55. The number of pyridine rings is 1. The summed E-state index contributed by atoms with van der Waals surface area (Å²) in [6.45, 7) is 3.84. The summed E-state index contributed by atoms with van der Waals surface area (Å²) in [7, 11) is 0. The second-order valence-corrected chi connectivity index (χ2v) is 5.60. The predicted octanol–water partition coefficient (Wildman–Crippen LogP) is 4.19. The molecule has 0 N–H and O–H groups in total. The summed E-state index contributed by atoms with van der Waals surface area (Å²) in [4.78, 5) is 9.12. The lowest BCUT2D eigenvalue weighted by molar-refractivity contribution is 0.126. The highest BCUT2D eigenvalue weighted by molar-refractivity contribution is 6.35. The summed E-state index contributed by atoms with van der Waals surface area (Å²) in [6, 6.07) is 7.96. The van der Waals surface area contributed by atoms with Crippen molar-refractivity contribution in [1.29, 1.82) is 0 Å². The molecule has 0 aliphatic carbocycles. The number of terminal acetylenes is 1. The fourth-order valence-corrected chi connectivity index (χ4v) is 2.95. The van der Waals surface area contributed by atoms with E-state index in [0.29, 0.717) is 18.4 Å². The van der Waals surface area contributed by atoms with Crippen LogP contribution < -0.4 is 0 Å². The van der Waals surface area contributed by atoms with Crippen molar-refractivity contribution < 1.29 is 4.74 Å². The van der Waals surface area contributed by atoms with Gasteiger partial charge in [-0.3, -0.25) is 0 Å². The molecule has 2 heterocycles. The first kappa shape index (κ1) is 15.8. The summed E-state index contributed by atoms with van der Waals surface area (Å²) >= 11 is 6.36. The maximum absolute atomic E-state index is 6.36. The number of hydrogen-bond donors (Lipinski definition) is 0. The number of fused-ring (bicyclic) bond motifs is 3. The van der Waals surface area contributed by atoms with Crippen LogP contribution in [0.4, 0.5) is 0 Å². The summed E-state index contributed by atoms with van der Waals surface area (Å²) < 4.78 is 7.73. The number of hydrogen-bond acceptors (Lipinski definition) is 3. The van der Waals surface area contributed by atoms with E-state index in [2.05, 4.69) is 20.5 Å². The molecule has 0 amide bonds.